The van der Waals surface area contributed by atoms with Crippen LogP contribution in [0.25, 0.3) is 0 Å². The lowest BCUT2D eigenvalue weighted by Crippen LogP contribution is -2.54. The zero-order chi connectivity index (χ0) is 15.8. The molecule has 2 aliphatic rings. The maximum atomic E-state index is 12.4. The molecule has 0 saturated carbocycles. The minimum absolute atomic E-state index is 0. The van der Waals surface area contributed by atoms with Gasteiger partial charge in [-0.3, -0.25) is 4.79 Å². The molecule has 2 N–H and O–H groups in total. The van der Waals surface area contributed by atoms with Crippen LogP contribution in [0.5, 0.6) is 0 Å². The van der Waals surface area contributed by atoms with Crippen LogP contribution in [-0.4, -0.2) is 62.8 Å². The molecule has 2 heterocycles. The van der Waals surface area contributed by atoms with Crippen molar-refractivity contribution in [3.05, 3.63) is 0 Å². The number of likely N-dealkylation sites (tertiary alicyclic amines) is 1. The van der Waals surface area contributed by atoms with Crippen LogP contribution in [0.2, 0.25) is 0 Å². The van der Waals surface area contributed by atoms with Crippen molar-refractivity contribution in [3.63, 3.8) is 0 Å². The molecule has 144 valence electrons. The number of carbonyl (C=O) groups is 1. The molecule has 0 spiro atoms. The zero-order valence-electron chi connectivity index (χ0n) is 15.1. The van der Waals surface area contributed by atoms with Gasteiger partial charge in [0.15, 0.2) is 0 Å². The number of nitrogens with zero attached hydrogens (tertiary/aromatic N) is 1. The van der Waals surface area contributed by atoms with Crippen molar-refractivity contribution in [2.24, 2.45) is 5.92 Å². The Bertz CT molecular complexity index is 353. The fourth-order valence-electron chi connectivity index (χ4n) is 3.67. The van der Waals surface area contributed by atoms with Crippen molar-refractivity contribution < 1.29 is 9.53 Å². The van der Waals surface area contributed by atoms with Crippen LogP contribution in [0.1, 0.15) is 45.4 Å². The Morgan fingerprint density at radius 2 is 2.00 bits per heavy atom. The molecule has 0 aromatic rings. The predicted molar refractivity (Wildman–Crippen MR) is 103 cm³/mol. The van der Waals surface area contributed by atoms with Crippen LogP contribution >= 0.6 is 24.8 Å². The molecule has 1 amide bonds. The normalized spacial score (nSPS) is 23.7. The summed E-state index contributed by atoms with van der Waals surface area (Å²) in [5.74, 6) is 0.915. The molecule has 2 rings (SSSR count). The number of piperidine rings is 2. The molecule has 0 aliphatic carbocycles. The molecule has 1 unspecified atom stereocenters. The highest BCUT2D eigenvalue weighted by Crippen LogP contribution is 2.22. The standard InChI is InChI=1S/C17H33N3O2.2ClH/c1-15-6-5-13-20(14-15)12-4-3-9-19-16(21)17(22-2)7-10-18-11-8-17;;/h15,18H,3-14H2,1-2H3,(H,19,21);2*1H. The van der Waals surface area contributed by atoms with Crippen LogP contribution in [0.15, 0.2) is 0 Å². The van der Waals surface area contributed by atoms with Crippen molar-refractivity contribution in [1.82, 2.24) is 15.5 Å². The first-order valence-electron chi connectivity index (χ1n) is 8.93. The van der Waals surface area contributed by atoms with E-state index in [1.165, 1.54) is 32.5 Å². The van der Waals surface area contributed by atoms with E-state index in [9.17, 15) is 4.79 Å². The van der Waals surface area contributed by atoms with Gasteiger partial charge in [-0.05, 0) is 70.6 Å². The van der Waals surface area contributed by atoms with Gasteiger partial charge < -0.3 is 20.3 Å². The van der Waals surface area contributed by atoms with E-state index in [4.69, 9.17) is 4.74 Å². The van der Waals surface area contributed by atoms with Gasteiger partial charge in [0.1, 0.15) is 5.60 Å². The number of unbranched alkanes of at least 4 members (excludes halogenated alkanes) is 1. The highest BCUT2D eigenvalue weighted by Gasteiger charge is 2.39. The number of rotatable bonds is 7. The van der Waals surface area contributed by atoms with Gasteiger partial charge in [0, 0.05) is 20.2 Å². The summed E-state index contributed by atoms with van der Waals surface area (Å²) < 4.78 is 5.54. The second-order valence-electron chi connectivity index (χ2n) is 6.96. The van der Waals surface area contributed by atoms with E-state index >= 15 is 0 Å². The molecule has 5 nitrogen and oxygen atoms in total. The molecule has 0 aromatic carbocycles. The highest BCUT2D eigenvalue weighted by molar-refractivity contribution is 5.86. The Morgan fingerprint density at radius 3 is 2.62 bits per heavy atom. The fourth-order valence-corrected chi connectivity index (χ4v) is 3.67. The molecule has 2 fully saturated rings. The molecule has 2 saturated heterocycles. The van der Waals surface area contributed by atoms with E-state index in [1.54, 1.807) is 7.11 Å². The van der Waals surface area contributed by atoms with E-state index in [-0.39, 0.29) is 30.7 Å². The summed E-state index contributed by atoms with van der Waals surface area (Å²) in [5, 5.41) is 6.36. The first kappa shape index (κ1) is 23.9. The summed E-state index contributed by atoms with van der Waals surface area (Å²) in [7, 11) is 1.66. The summed E-state index contributed by atoms with van der Waals surface area (Å²) >= 11 is 0. The number of carbonyl (C=O) groups excluding carboxylic acids is 1. The van der Waals surface area contributed by atoms with Crippen LogP contribution in [-0.2, 0) is 9.53 Å². The molecule has 2 aliphatic heterocycles. The Balaban J connectivity index is 0.00000264. The molecule has 24 heavy (non-hydrogen) atoms. The first-order valence-corrected chi connectivity index (χ1v) is 8.93. The Hall–Kier alpha value is -0.0700. The number of ether oxygens (including phenoxy) is 1. The predicted octanol–water partition coefficient (Wildman–Crippen LogP) is 2.23. The summed E-state index contributed by atoms with van der Waals surface area (Å²) in [6.45, 7) is 8.47. The number of amides is 1. The van der Waals surface area contributed by atoms with Crippen molar-refractivity contribution in [3.8, 4) is 0 Å². The number of hydrogen-bond acceptors (Lipinski definition) is 4. The van der Waals surface area contributed by atoms with Crippen LogP contribution in [0.3, 0.4) is 0 Å². The molecule has 1 atom stereocenters. The third kappa shape index (κ3) is 7.04. The van der Waals surface area contributed by atoms with Gasteiger partial charge in [0.25, 0.3) is 5.91 Å². The maximum Gasteiger partial charge on any atom is 0.252 e. The van der Waals surface area contributed by atoms with E-state index in [0.29, 0.717) is 0 Å². The maximum absolute atomic E-state index is 12.4. The monoisotopic (exact) mass is 383 g/mol. The first-order chi connectivity index (χ1) is 10.7. The summed E-state index contributed by atoms with van der Waals surface area (Å²) in [6, 6.07) is 0. The van der Waals surface area contributed by atoms with E-state index in [0.717, 1.165) is 51.2 Å². The minimum Gasteiger partial charge on any atom is -0.368 e. The Labute approximate surface area is 159 Å². The number of halogens is 2. The average Bonchev–Trinajstić information content (AvgIpc) is 2.55. The molecule has 7 heteroatoms. The summed E-state index contributed by atoms with van der Waals surface area (Å²) in [5.41, 5.74) is -0.604. The lowest BCUT2D eigenvalue weighted by atomic mass is 9.91. The zero-order valence-corrected chi connectivity index (χ0v) is 16.8. The van der Waals surface area contributed by atoms with Gasteiger partial charge in [-0.1, -0.05) is 6.92 Å². The number of nitrogens with one attached hydrogen (secondary N) is 2. The number of methoxy groups -OCH3 is 1. The molecule has 0 bridgehead atoms. The third-order valence-electron chi connectivity index (χ3n) is 5.14. The molecular formula is C17H35Cl2N3O2. The van der Waals surface area contributed by atoms with Crippen LogP contribution in [0.4, 0.5) is 0 Å². The second kappa shape index (κ2) is 12.3. The van der Waals surface area contributed by atoms with E-state index in [1.807, 2.05) is 0 Å². The topological polar surface area (TPSA) is 53.6 Å². The second-order valence-corrected chi connectivity index (χ2v) is 6.96. The number of hydrogen-bond donors (Lipinski definition) is 2. The highest BCUT2D eigenvalue weighted by atomic mass is 35.5. The molecular weight excluding hydrogens is 349 g/mol. The lowest BCUT2D eigenvalue weighted by Gasteiger charge is -2.34. The molecule has 0 radical (unpaired) electrons. The van der Waals surface area contributed by atoms with Crippen LogP contribution < -0.4 is 10.6 Å². The largest absolute Gasteiger partial charge is 0.368 e. The van der Waals surface area contributed by atoms with Crippen molar-refractivity contribution in [1.29, 1.82) is 0 Å². The quantitative estimate of drug-likeness (QED) is 0.661. The van der Waals surface area contributed by atoms with Gasteiger partial charge in [-0.25, -0.2) is 0 Å². The fraction of sp³-hybridized carbons (Fsp3) is 0.941. The smallest absolute Gasteiger partial charge is 0.252 e. The average molecular weight is 384 g/mol. The molecule has 0 aromatic heterocycles. The third-order valence-corrected chi connectivity index (χ3v) is 5.14. The van der Waals surface area contributed by atoms with Gasteiger partial charge in [0.05, 0.1) is 0 Å². The van der Waals surface area contributed by atoms with E-state index in [2.05, 4.69) is 22.5 Å². The van der Waals surface area contributed by atoms with Gasteiger partial charge in [-0.2, -0.15) is 0 Å². The Kier molecular flexibility index (Phi) is 12.3. The van der Waals surface area contributed by atoms with Crippen molar-refractivity contribution in [2.75, 3.05) is 46.4 Å². The van der Waals surface area contributed by atoms with E-state index < -0.39 is 5.60 Å². The summed E-state index contributed by atoms with van der Waals surface area (Å²) in [4.78, 5) is 15.0. The van der Waals surface area contributed by atoms with Gasteiger partial charge in [-0.15, -0.1) is 24.8 Å². The van der Waals surface area contributed by atoms with Crippen molar-refractivity contribution in [2.45, 2.75) is 51.0 Å². The summed E-state index contributed by atoms with van der Waals surface area (Å²) in [6.07, 6.45) is 6.45. The van der Waals surface area contributed by atoms with Crippen molar-refractivity contribution >= 4 is 30.7 Å². The van der Waals surface area contributed by atoms with Gasteiger partial charge in [0.2, 0.25) is 0 Å². The minimum atomic E-state index is -0.604. The van der Waals surface area contributed by atoms with Gasteiger partial charge >= 0.3 is 0 Å². The SMILES string of the molecule is COC1(C(=O)NCCCCN2CCCC(C)C2)CCNCC1.Cl.Cl. The lowest BCUT2D eigenvalue weighted by molar-refractivity contribution is -0.146. The van der Waals surface area contributed by atoms with Crippen LogP contribution in [0, 0.1) is 5.92 Å². The Morgan fingerprint density at radius 1 is 1.29 bits per heavy atom.